The average molecular weight is 347 g/mol. The van der Waals surface area contributed by atoms with Gasteiger partial charge in [0.1, 0.15) is 5.82 Å². The van der Waals surface area contributed by atoms with Gasteiger partial charge in [-0.2, -0.15) is 0 Å². The molecule has 0 aromatic carbocycles. The minimum absolute atomic E-state index is 0.0395. The molecule has 7 heteroatoms. The van der Waals surface area contributed by atoms with Crippen LogP contribution in [0.5, 0.6) is 0 Å². The van der Waals surface area contributed by atoms with Gasteiger partial charge in [-0.15, -0.1) is 11.3 Å². The Morgan fingerprint density at radius 1 is 1.50 bits per heavy atom. The van der Waals surface area contributed by atoms with Crippen molar-refractivity contribution in [3.63, 3.8) is 0 Å². The quantitative estimate of drug-likeness (QED) is 0.874. The Bertz CT molecular complexity index is 643. The van der Waals surface area contributed by atoms with E-state index in [0.717, 1.165) is 30.1 Å². The molecule has 3 heterocycles. The first-order valence-corrected chi connectivity index (χ1v) is 9.44. The second-order valence-corrected chi connectivity index (χ2v) is 7.36. The normalized spacial score (nSPS) is 14.9. The second-order valence-electron chi connectivity index (χ2n) is 6.43. The van der Waals surface area contributed by atoms with Crippen LogP contribution in [0.25, 0.3) is 0 Å². The number of imidazole rings is 1. The highest BCUT2D eigenvalue weighted by Gasteiger charge is 2.16. The zero-order valence-corrected chi connectivity index (χ0v) is 15.2. The van der Waals surface area contributed by atoms with E-state index in [1.54, 1.807) is 22.4 Å². The molecule has 2 amide bonds. The van der Waals surface area contributed by atoms with Crippen LogP contribution in [0.2, 0.25) is 0 Å². The van der Waals surface area contributed by atoms with E-state index in [0.29, 0.717) is 13.1 Å². The number of aromatic nitrogens is 3. The minimum Gasteiger partial charge on any atom is -0.338 e. The monoisotopic (exact) mass is 347 g/mol. The highest BCUT2D eigenvalue weighted by atomic mass is 32.1. The number of carbonyl (C=O) groups is 1. The molecule has 24 heavy (non-hydrogen) atoms. The van der Waals surface area contributed by atoms with E-state index in [-0.39, 0.29) is 11.9 Å². The zero-order valence-electron chi connectivity index (χ0n) is 14.4. The van der Waals surface area contributed by atoms with Crippen molar-refractivity contribution in [3.8, 4) is 0 Å². The maximum Gasteiger partial charge on any atom is 0.317 e. The number of urea groups is 1. The Morgan fingerprint density at radius 3 is 3.12 bits per heavy atom. The fourth-order valence-corrected chi connectivity index (χ4v) is 3.76. The van der Waals surface area contributed by atoms with Gasteiger partial charge in [0.05, 0.1) is 10.7 Å². The molecule has 2 aromatic rings. The second kappa shape index (κ2) is 7.79. The Morgan fingerprint density at radius 2 is 2.38 bits per heavy atom. The number of nitrogens with zero attached hydrogens (tertiary/aromatic N) is 4. The third-order valence-electron chi connectivity index (χ3n) is 4.38. The molecule has 6 nitrogen and oxygen atoms in total. The molecule has 0 saturated heterocycles. The summed E-state index contributed by atoms with van der Waals surface area (Å²) in [6.45, 7) is 4.45. The summed E-state index contributed by atoms with van der Waals surface area (Å²) in [5.41, 5.74) is 1.08. The molecule has 0 saturated carbocycles. The summed E-state index contributed by atoms with van der Waals surface area (Å²) in [6.07, 6.45) is 8.26. The van der Waals surface area contributed by atoms with Crippen LogP contribution in [0, 0.1) is 0 Å². The van der Waals surface area contributed by atoms with Crippen LogP contribution < -0.4 is 5.32 Å². The summed E-state index contributed by atoms with van der Waals surface area (Å²) in [6, 6.07) is -0.0395. The van der Waals surface area contributed by atoms with Gasteiger partial charge in [-0.25, -0.2) is 14.8 Å². The molecule has 1 unspecified atom stereocenters. The lowest BCUT2D eigenvalue weighted by molar-refractivity contribution is 0.206. The Labute approximate surface area is 146 Å². The zero-order chi connectivity index (χ0) is 16.9. The lowest BCUT2D eigenvalue weighted by Gasteiger charge is -2.20. The van der Waals surface area contributed by atoms with Crippen molar-refractivity contribution >= 4 is 17.4 Å². The molecule has 1 atom stereocenters. The van der Waals surface area contributed by atoms with Crippen molar-refractivity contribution in [2.24, 2.45) is 0 Å². The van der Waals surface area contributed by atoms with E-state index >= 15 is 0 Å². The molecule has 1 N–H and O–H groups in total. The molecule has 1 aliphatic rings. The van der Waals surface area contributed by atoms with Crippen LogP contribution in [0.3, 0.4) is 0 Å². The van der Waals surface area contributed by atoms with E-state index in [9.17, 15) is 4.79 Å². The van der Waals surface area contributed by atoms with Gasteiger partial charge in [-0.05, 0) is 12.8 Å². The summed E-state index contributed by atoms with van der Waals surface area (Å²) in [4.78, 5) is 22.9. The minimum atomic E-state index is -0.0395. The molecular weight excluding hydrogens is 322 g/mol. The molecule has 0 bridgehead atoms. The maximum absolute atomic E-state index is 12.2. The fraction of sp³-hybridized carbons (Fsp3) is 0.588. The number of amides is 2. The topological polar surface area (TPSA) is 63.1 Å². The summed E-state index contributed by atoms with van der Waals surface area (Å²) < 4.78 is 2.25. The largest absolute Gasteiger partial charge is 0.338 e. The van der Waals surface area contributed by atoms with Crippen molar-refractivity contribution in [2.75, 3.05) is 20.1 Å². The number of fused-ring (bicyclic) bond motifs is 1. The molecule has 0 fully saturated rings. The van der Waals surface area contributed by atoms with E-state index in [1.807, 2.05) is 12.4 Å². The van der Waals surface area contributed by atoms with Crippen LogP contribution in [0.1, 0.15) is 42.2 Å². The lowest BCUT2D eigenvalue weighted by atomic mass is 10.2. The molecule has 2 aromatic heterocycles. The number of aryl methyl sites for hydroxylation is 2. The molecule has 0 aliphatic carbocycles. The van der Waals surface area contributed by atoms with Gasteiger partial charge in [0, 0.05) is 63.2 Å². The van der Waals surface area contributed by atoms with E-state index in [4.69, 9.17) is 0 Å². The van der Waals surface area contributed by atoms with Gasteiger partial charge < -0.3 is 14.8 Å². The highest BCUT2D eigenvalue weighted by Crippen LogP contribution is 2.18. The summed E-state index contributed by atoms with van der Waals surface area (Å²) >= 11 is 1.63. The van der Waals surface area contributed by atoms with Gasteiger partial charge in [0.15, 0.2) is 0 Å². The Kier molecular flexibility index (Phi) is 5.50. The van der Waals surface area contributed by atoms with Gasteiger partial charge in [0.2, 0.25) is 0 Å². The summed E-state index contributed by atoms with van der Waals surface area (Å²) in [5, 5.41) is 6.02. The van der Waals surface area contributed by atoms with Crippen LogP contribution in [0.4, 0.5) is 4.79 Å². The number of carbonyl (C=O) groups excluding carboxylic acids is 1. The number of likely N-dealkylation sites (N-methyl/N-ethyl adjacent to an activating group) is 1. The number of hydrogen-bond acceptors (Lipinski definition) is 4. The van der Waals surface area contributed by atoms with Gasteiger partial charge >= 0.3 is 6.03 Å². The average Bonchev–Trinajstić information content (AvgIpc) is 3.23. The van der Waals surface area contributed by atoms with Crippen LogP contribution in [0.15, 0.2) is 17.8 Å². The Balaban J connectivity index is 1.42. The van der Waals surface area contributed by atoms with E-state index in [2.05, 4.69) is 33.0 Å². The molecule has 1 aliphatic heterocycles. The summed E-state index contributed by atoms with van der Waals surface area (Å²) in [5.74, 6) is 1.44. The predicted octanol–water partition coefficient (Wildman–Crippen LogP) is 2.66. The number of rotatable bonds is 6. The third kappa shape index (κ3) is 4.14. The van der Waals surface area contributed by atoms with Gasteiger partial charge in [-0.3, -0.25) is 0 Å². The SMILES string of the molecule is CC(CN(C)C(=O)NCCc1cn2c(n1)CCCC2)c1nccs1. The number of hydrogen-bond donors (Lipinski definition) is 1. The molecule has 3 rings (SSSR count). The van der Waals surface area contributed by atoms with Crippen LogP contribution >= 0.6 is 11.3 Å². The first kappa shape index (κ1) is 17.0. The van der Waals surface area contributed by atoms with Gasteiger partial charge in [0.25, 0.3) is 0 Å². The van der Waals surface area contributed by atoms with Crippen molar-refractivity contribution in [1.82, 2.24) is 24.8 Å². The fourth-order valence-electron chi connectivity index (χ4n) is 3.07. The predicted molar refractivity (Wildman–Crippen MR) is 95.4 cm³/mol. The molecule has 0 radical (unpaired) electrons. The molecular formula is C17H25N5OS. The highest BCUT2D eigenvalue weighted by molar-refractivity contribution is 7.09. The first-order valence-electron chi connectivity index (χ1n) is 8.56. The number of thiazole rings is 1. The number of nitrogens with one attached hydrogen (secondary N) is 1. The smallest absolute Gasteiger partial charge is 0.317 e. The van der Waals surface area contributed by atoms with Crippen molar-refractivity contribution in [2.45, 2.75) is 45.1 Å². The van der Waals surface area contributed by atoms with Crippen molar-refractivity contribution in [1.29, 1.82) is 0 Å². The Hall–Kier alpha value is -1.89. The van der Waals surface area contributed by atoms with Crippen molar-refractivity contribution < 1.29 is 4.79 Å². The van der Waals surface area contributed by atoms with Crippen molar-refractivity contribution in [3.05, 3.63) is 34.3 Å². The lowest BCUT2D eigenvalue weighted by Crippen LogP contribution is -2.40. The third-order valence-corrected chi connectivity index (χ3v) is 5.39. The maximum atomic E-state index is 12.2. The molecule has 130 valence electrons. The first-order chi connectivity index (χ1) is 11.6. The molecule has 0 spiro atoms. The summed E-state index contributed by atoms with van der Waals surface area (Å²) in [7, 11) is 1.83. The standard InChI is InChI=1S/C17H25N5OS/c1-13(16-18-8-10-24-16)11-21(2)17(23)19-7-6-14-12-22-9-4-3-5-15(22)20-14/h8,10,12-13H,3-7,9,11H2,1-2H3,(H,19,23). The van der Waals surface area contributed by atoms with Gasteiger partial charge in [-0.1, -0.05) is 6.92 Å². The van der Waals surface area contributed by atoms with Crippen LogP contribution in [-0.2, 0) is 19.4 Å². The van der Waals surface area contributed by atoms with Crippen LogP contribution in [-0.4, -0.2) is 45.6 Å². The van der Waals surface area contributed by atoms with E-state index in [1.165, 1.54) is 18.7 Å². The van der Waals surface area contributed by atoms with E-state index < -0.39 is 0 Å².